The second kappa shape index (κ2) is 8.38. The number of urea groups is 1. The van der Waals surface area contributed by atoms with Gasteiger partial charge in [-0.3, -0.25) is 0 Å². The van der Waals surface area contributed by atoms with Crippen LogP contribution >= 0.6 is 11.8 Å². The molecule has 6 heteroatoms. The van der Waals surface area contributed by atoms with Gasteiger partial charge >= 0.3 is 6.03 Å². The monoisotopic (exact) mass is 322 g/mol. The second-order valence-corrected chi connectivity index (χ2v) is 5.59. The summed E-state index contributed by atoms with van der Waals surface area (Å²) < 4.78 is 24.6. The normalized spacial score (nSPS) is 10.5. The van der Waals surface area contributed by atoms with Crippen LogP contribution in [0.4, 0.5) is 19.3 Å². The van der Waals surface area contributed by atoms with Crippen molar-refractivity contribution in [2.24, 2.45) is 0 Å². The highest BCUT2D eigenvalue weighted by molar-refractivity contribution is 7.99. The Hall–Kier alpha value is -2.08. The van der Waals surface area contributed by atoms with E-state index in [1.165, 1.54) is 6.07 Å². The maximum absolute atomic E-state index is 12.3. The van der Waals surface area contributed by atoms with Crippen molar-refractivity contribution in [2.75, 3.05) is 11.9 Å². The molecule has 0 saturated heterocycles. The highest BCUT2D eigenvalue weighted by Gasteiger charge is 2.07. The molecule has 0 aliphatic rings. The Morgan fingerprint density at radius 2 is 1.86 bits per heavy atom. The molecule has 2 amide bonds. The van der Waals surface area contributed by atoms with Crippen LogP contribution in [0, 0.1) is 0 Å². The lowest BCUT2D eigenvalue weighted by Gasteiger charge is -2.09. The van der Waals surface area contributed by atoms with Gasteiger partial charge in [-0.1, -0.05) is 48.2 Å². The Kier molecular flexibility index (Phi) is 6.21. The summed E-state index contributed by atoms with van der Waals surface area (Å²) in [4.78, 5) is 12.2. The summed E-state index contributed by atoms with van der Waals surface area (Å²) in [7, 11) is 0. The molecule has 0 radical (unpaired) electrons. The third-order valence-electron chi connectivity index (χ3n) is 2.86. The number of anilines is 1. The van der Waals surface area contributed by atoms with Gasteiger partial charge in [0.15, 0.2) is 0 Å². The van der Waals surface area contributed by atoms with E-state index in [0.717, 1.165) is 12.0 Å². The van der Waals surface area contributed by atoms with E-state index in [1.807, 2.05) is 30.3 Å². The summed E-state index contributed by atoms with van der Waals surface area (Å²) in [6.07, 6.45) is 0.732. The summed E-state index contributed by atoms with van der Waals surface area (Å²) in [5, 5.41) is 5.37. The van der Waals surface area contributed by atoms with Gasteiger partial charge < -0.3 is 10.6 Å². The third-order valence-corrected chi connectivity index (χ3v) is 3.56. The van der Waals surface area contributed by atoms with E-state index in [9.17, 15) is 13.6 Å². The van der Waals surface area contributed by atoms with Crippen LogP contribution in [-0.2, 0) is 6.42 Å². The number of hydrogen-bond donors (Lipinski definition) is 2. The van der Waals surface area contributed by atoms with Crippen LogP contribution in [-0.4, -0.2) is 18.3 Å². The molecule has 0 aliphatic heterocycles. The zero-order valence-corrected chi connectivity index (χ0v) is 12.6. The molecule has 0 saturated carbocycles. The van der Waals surface area contributed by atoms with E-state index in [0.29, 0.717) is 28.9 Å². The van der Waals surface area contributed by atoms with Crippen molar-refractivity contribution in [3.8, 4) is 0 Å². The van der Waals surface area contributed by atoms with Crippen LogP contribution < -0.4 is 10.6 Å². The number of hydrogen-bond acceptors (Lipinski definition) is 2. The molecule has 0 aliphatic carbocycles. The van der Waals surface area contributed by atoms with Gasteiger partial charge in [-0.2, -0.15) is 8.78 Å². The SMILES string of the molecule is O=C(NCCc1ccccc1)Nc1cccc(SC(F)F)c1. The molecule has 0 heterocycles. The quantitative estimate of drug-likeness (QED) is 0.776. The minimum absolute atomic E-state index is 0.352. The lowest BCUT2D eigenvalue weighted by atomic mass is 10.1. The van der Waals surface area contributed by atoms with Gasteiger partial charge in [-0.05, 0) is 30.2 Å². The lowest BCUT2D eigenvalue weighted by Crippen LogP contribution is -2.30. The molecule has 0 unspecified atom stereocenters. The summed E-state index contributed by atoms with van der Waals surface area (Å²) in [6.45, 7) is 0.501. The molecule has 0 aromatic heterocycles. The number of rotatable bonds is 6. The van der Waals surface area contributed by atoms with E-state index in [1.54, 1.807) is 18.2 Å². The maximum atomic E-state index is 12.3. The number of benzene rings is 2. The largest absolute Gasteiger partial charge is 0.338 e. The van der Waals surface area contributed by atoms with E-state index in [4.69, 9.17) is 0 Å². The second-order valence-electron chi connectivity index (χ2n) is 4.52. The van der Waals surface area contributed by atoms with Crippen LogP contribution in [0.15, 0.2) is 59.5 Å². The molecule has 2 rings (SSSR count). The fourth-order valence-electron chi connectivity index (χ4n) is 1.89. The van der Waals surface area contributed by atoms with Gasteiger partial charge in [0, 0.05) is 17.1 Å². The third kappa shape index (κ3) is 5.73. The van der Waals surface area contributed by atoms with Gasteiger partial charge in [-0.15, -0.1) is 0 Å². The highest BCUT2D eigenvalue weighted by atomic mass is 32.2. The van der Waals surface area contributed by atoms with E-state index in [-0.39, 0.29) is 6.03 Å². The van der Waals surface area contributed by atoms with Crippen molar-refractivity contribution < 1.29 is 13.6 Å². The number of amides is 2. The minimum atomic E-state index is -2.48. The summed E-state index contributed by atoms with van der Waals surface area (Å²) in [5.41, 5.74) is 1.63. The van der Waals surface area contributed by atoms with Crippen molar-refractivity contribution >= 4 is 23.5 Å². The van der Waals surface area contributed by atoms with Crippen LogP contribution in [0.3, 0.4) is 0 Å². The Labute approximate surface area is 132 Å². The Morgan fingerprint density at radius 1 is 1.09 bits per heavy atom. The topological polar surface area (TPSA) is 41.1 Å². The first-order valence-electron chi connectivity index (χ1n) is 6.77. The van der Waals surface area contributed by atoms with Crippen LogP contribution in [0.1, 0.15) is 5.56 Å². The van der Waals surface area contributed by atoms with Gasteiger partial charge in [0.2, 0.25) is 0 Å². The molecule has 0 fully saturated rings. The average Bonchev–Trinajstić information content (AvgIpc) is 2.48. The molecule has 0 spiro atoms. The number of thioether (sulfide) groups is 1. The first kappa shape index (κ1) is 16.3. The molecule has 2 aromatic rings. The van der Waals surface area contributed by atoms with Crippen molar-refractivity contribution in [1.29, 1.82) is 0 Å². The summed E-state index contributed by atoms with van der Waals surface area (Å²) >= 11 is 0.450. The molecule has 0 atom stereocenters. The molecular formula is C16H16F2N2OS. The first-order chi connectivity index (χ1) is 10.6. The number of carbonyl (C=O) groups is 1. The summed E-state index contributed by atoms with van der Waals surface area (Å²) in [6, 6.07) is 15.8. The highest BCUT2D eigenvalue weighted by Crippen LogP contribution is 2.27. The summed E-state index contributed by atoms with van der Waals surface area (Å²) in [5.74, 6) is -2.48. The Bertz CT molecular complexity index is 608. The van der Waals surface area contributed by atoms with Gasteiger partial charge in [0.05, 0.1) is 0 Å². The van der Waals surface area contributed by atoms with E-state index in [2.05, 4.69) is 10.6 Å². The van der Waals surface area contributed by atoms with Crippen molar-refractivity contribution in [1.82, 2.24) is 5.32 Å². The number of carbonyl (C=O) groups excluding carboxylic acids is 1. The predicted octanol–water partition coefficient (Wildman–Crippen LogP) is 4.37. The molecule has 0 bridgehead atoms. The van der Waals surface area contributed by atoms with Crippen LogP contribution in [0.5, 0.6) is 0 Å². The average molecular weight is 322 g/mol. The standard InChI is InChI=1S/C16H16F2N2OS/c17-15(18)22-14-8-4-7-13(11-14)20-16(21)19-10-9-12-5-2-1-3-6-12/h1-8,11,15H,9-10H2,(H2,19,20,21). The Morgan fingerprint density at radius 3 is 2.59 bits per heavy atom. The number of nitrogens with one attached hydrogen (secondary N) is 2. The predicted molar refractivity (Wildman–Crippen MR) is 85.5 cm³/mol. The van der Waals surface area contributed by atoms with E-state index < -0.39 is 5.76 Å². The molecule has 116 valence electrons. The molecule has 22 heavy (non-hydrogen) atoms. The molecule has 3 nitrogen and oxygen atoms in total. The fourth-order valence-corrected chi connectivity index (χ4v) is 2.45. The number of alkyl halides is 2. The van der Waals surface area contributed by atoms with Crippen molar-refractivity contribution in [2.45, 2.75) is 17.1 Å². The minimum Gasteiger partial charge on any atom is -0.338 e. The fraction of sp³-hybridized carbons (Fsp3) is 0.188. The zero-order chi connectivity index (χ0) is 15.8. The molecule has 2 N–H and O–H groups in total. The smallest absolute Gasteiger partial charge is 0.319 e. The van der Waals surface area contributed by atoms with Gasteiger partial charge in [-0.25, -0.2) is 4.79 Å². The van der Waals surface area contributed by atoms with Crippen LogP contribution in [0.2, 0.25) is 0 Å². The van der Waals surface area contributed by atoms with Crippen molar-refractivity contribution in [3.63, 3.8) is 0 Å². The lowest BCUT2D eigenvalue weighted by molar-refractivity contribution is 0.251. The zero-order valence-electron chi connectivity index (χ0n) is 11.8. The van der Waals surface area contributed by atoms with E-state index >= 15 is 0 Å². The molecule has 2 aromatic carbocycles. The van der Waals surface area contributed by atoms with Crippen LogP contribution in [0.25, 0.3) is 0 Å². The number of halogens is 2. The maximum Gasteiger partial charge on any atom is 0.319 e. The first-order valence-corrected chi connectivity index (χ1v) is 7.65. The molecular weight excluding hydrogens is 306 g/mol. The van der Waals surface area contributed by atoms with Crippen molar-refractivity contribution in [3.05, 3.63) is 60.2 Å². The van der Waals surface area contributed by atoms with Gasteiger partial charge in [0.25, 0.3) is 5.76 Å². The van der Waals surface area contributed by atoms with Gasteiger partial charge in [0.1, 0.15) is 0 Å². The Balaban J connectivity index is 1.79.